The molecule has 1 rings (SSSR count). The van der Waals surface area contributed by atoms with Gasteiger partial charge in [0.15, 0.2) is 5.82 Å². The van der Waals surface area contributed by atoms with Gasteiger partial charge in [-0.05, 0) is 17.8 Å². The third kappa shape index (κ3) is 3.30. The predicted octanol–water partition coefficient (Wildman–Crippen LogP) is 2.70. The van der Waals surface area contributed by atoms with E-state index in [4.69, 9.17) is 10.3 Å². The zero-order valence-electron chi connectivity index (χ0n) is 10.9. The van der Waals surface area contributed by atoms with Gasteiger partial charge in [-0.15, -0.1) is 0 Å². The summed E-state index contributed by atoms with van der Waals surface area (Å²) in [6.07, 6.45) is 1.64. The molecule has 0 bridgehead atoms. The first kappa shape index (κ1) is 13.2. The summed E-state index contributed by atoms with van der Waals surface area (Å²) < 4.78 is 5.21. The lowest BCUT2D eigenvalue weighted by atomic mass is 9.80. The number of hydrogen-bond donors (Lipinski definition) is 1. The molecule has 4 nitrogen and oxygen atoms in total. The van der Waals surface area contributed by atoms with Crippen molar-refractivity contribution in [3.63, 3.8) is 0 Å². The highest BCUT2D eigenvalue weighted by Gasteiger charge is 2.23. The molecule has 4 heteroatoms. The summed E-state index contributed by atoms with van der Waals surface area (Å²) in [5.74, 6) is 1.82. The summed E-state index contributed by atoms with van der Waals surface area (Å²) in [6, 6.07) is -0.109. The molecule has 2 atom stereocenters. The smallest absolute Gasteiger partial charge is 0.226 e. The molecule has 0 fully saturated rings. The Morgan fingerprint density at radius 1 is 1.38 bits per heavy atom. The molecule has 1 aromatic heterocycles. The normalized spacial score (nSPS) is 16.1. The van der Waals surface area contributed by atoms with Gasteiger partial charge in [0.1, 0.15) is 0 Å². The lowest BCUT2D eigenvalue weighted by Crippen LogP contribution is -2.19. The number of nitrogens with zero attached hydrogens (tertiary/aromatic N) is 2. The third-order valence-corrected chi connectivity index (χ3v) is 3.21. The van der Waals surface area contributed by atoms with Gasteiger partial charge in [-0.2, -0.15) is 4.98 Å². The minimum atomic E-state index is -0.109. The van der Waals surface area contributed by atoms with Crippen LogP contribution in [0.4, 0.5) is 0 Å². The van der Waals surface area contributed by atoms with Gasteiger partial charge in [0.2, 0.25) is 5.89 Å². The van der Waals surface area contributed by atoms with Gasteiger partial charge in [0.05, 0.1) is 6.04 Å². The minimum absolute atomic E-state index is 0.109. The summed E-state index contributed by atoms with van der Waals surface area (Å²) in [5.41, 5.74) is 6.09. The Morgan fingerprint density at radius 2 is 2.00 bits per heavy atom. The van der Waals surface area contributed by atoms with Crippen LogP contribution in [0.2, 0.25) is 0 Å². The maximum atomic E-state index is 5.84. The fourth-order valence-electron chi connectivity index (χ4n) is 1.25. The van der Waals surface area contributed by atoms with Crippen LogP contribution in [0.5, 0.6) is 0 Å². The number of nitrogens with two attached hydrogens (primary N) is 1. The first-order chi connectivity index (χ1) is 7.34. The number of hydrogen-bond acceptors (Lipinski definition) is 4. The Balaban J connectivity index is 2.66. The Bertz CT molecular complexity index is 327. The highest BCUT2D eigenvalue weighted by molar-refractivity contribution is 4.93. The van der Waals surface area contributed by atoms with Crippen molar-refractivity contribution >= 4 is 0 Å². The molecule has 1 heterocycles. The molecule has 0 aliphatic carbocycles. The van der Waals surface area contributed by atoms with Gasteiger partial charge < -0.3 is 10.3 Å². The Hall–Kier alpha value is -0.900. The second kappa shape index (κ2) is 4.95. The van der Waals surface area contributed by atoms with E-state index in [-0.39, 0.29) is 11.5 Å². The molecule has 0 spiro atoms. The first-order valence-electron chi connectivity index (χ1n) is 5.92. The van der Waals surface area contributed by atoms with Crippen LogP contribution >= 0.6 is 0 Å². The van der Waals surface area contributed by atoms with E-state index >= 15 is 0 Å². The SMILES string of the molecule is CCC(N)c1noc(CC(C)C(C)(C)C)n1. The van der Waals surface area contributed by atoms with Crippen LogP contribution < -0.4 is 5.73 Å². The average Bonchev–Trinajstić information content (AvgIpc) is 2.63. The zero-order chi connectivity index (χ0) is 12.3. The molecule has 16 heavy (non-hydrogen) atoms. The second-order valence-corrected chi connectivity index (χ2v) is 5.53. The highest BCUT2D eigenvalue weighted by atomic mass is 16.5. The van der Waals surface area contributed by atoms with E-state index in [0.717, 1.165) is 12.8 Å². The number of aromatic nitrogens is 2. The van der Waals surface area contributed by atoms with E-state index in [2.05, 4.69) is 37.8 Å². The zero-order valence-corrected chi connectivity index (χ0v) is 10.9. The molecule has 2 unspecified atom stereocenters. The molecule has 2 N–H and O–H groups in total. The number of rotatable bonds is 4. The Morgan fingerprint density at radius 3 is 2.50 bits per heavy atom. The first-order valence-corrected chi connectivity index (χ1v) is 5.92. The topological polar surface area (TPSA) is 64.9 Å². The van der Waals surface area contributed by atoms with E-state index in [1.165, 1.54) is 0 Å². The second-order valence-electron chi connectivity index (χ2n) is 5.53. The average molecular weight is 225 g/mol. The van der Waals surface area contributed by atoms with Crippen LogP contribution in [-0.2, 0) is 6.42 Å². The molecule has 0 aliphatic heterocycles. The van der Waals surface area contributed by atoms with E-state index < -0.39 is 0 Å². The lowest BCUT2D eigenvalue weighted by molar-refractivity contribution is 0.236. The molecule has 0 aliphatic rings. The van der Waals surface area contributed by atoms with Crippen molar-refractivity contribution in [1.29, 1.82) is 0 Å². The van der Waals surface area contributed by atoms with E-state index in [0.29, 0.717) is 17.6 Å². The summed E-state index contributed by atoms with van der Waals surface area (Å²) in [4.78, 5) is 4.33. The highest BCUT2D eigenvalue weighted by Crippen LogP contribution is 2.28. The standard InChI is InChI=1S/C12H23N3O/c1-6-9(13)11-14-10(16-15-11)7-8(2)12(3,4)5/h8-9H,6-7,13H2,1-5H3. The van der Waals surface area contributed by atoms with Crippen LogP contribution in [0.15, 0.2) is 4.52 Å². The molecule has 92 valence electrons. The fourth-order valence-corrected chi connectivity index (χ4v) is 1.25. The molecular formula is C12H23N3O. The molecule has 1 aromatic rings. The fraction of sp³-hybridized carbons (Fsp3) is 0.833. The van der Waals surface area contributed by atoms with Gasteiger partial charge in [0.25, 0.3) is 0 Å². The molecule has 0 aromatic carbocycles. The van der Waals surface area contributed by atoms with Crippen molar-refractivity contribution in [2.75, 3.05) is 0 Å². The van der Waals surface area contributed by atoms with Crippen LogP contribution in [0.25, 0.3) is 0 Å². The summed E-state index contributed by atoms with van der Waals surface area (Å²) in [7, 11) is 0. The molecule has 0 saturated carbocycles. The van der Waals surface area contributed by atoms with Gasteiger partial charge in [-0.1, -0.05) is 39.8 Å². The van der Waals surface area contributed by atoms with E-state index in [1.807, 2.05) is 6.92 Å². The van der Waals surface area contributed by atoms with Crippen LogP contribution in [0.1, 0.15) is 58.8 Å². The van der Waals surface area contributed by atoms with Gasteiger partial charge in [-0.25, -0.2) is 0 Å². The van der Waals surface area contributed by atoms with Crippen molar-refractivity contribution in [1.82, 2.24) is 10.1 Å². The van der Waals surface area contributed by atoms with Crippen molar-refractivity contribution in [2.24, 2.45) is 17.1 Å². The van der Waals surface area contributed by atoms with E-state index in [1.54, 1.807) is 0 Å². The summed E-state index contributed by atoms with van der Waals surface area (Å²) in [6.45, 7) is 10.9. The van der Waals surface area contributed by atoms with Crippen molar-refractivity contribution < 1.29 is 4.52 Å². The van der Waals surface area contributed by atoms with Crippen LogP contribution in [0.3, 0.4) is 0 Å². The summed E-state index contributed by atoms with van der Waals surface area (Å²) in [5, 5.41) is 3.91. The van der Waals surface area contributed by atoms with Gasteiger partial charge in [0, 0.05) is 6.42 Å². The molecule has 0 radical (unpaired) electrons. The maximum Gasteiger partial charge on any atom is 0.226 e. The minimum Gasteiger partial charge on any atom is -0.339 e. The van der Waals surface area contributed by atoms with Gasteiger partial charge >= 0.3 is 0 Å². The van der Waals surface area contributed by atoms with Gasteiger partial charge in [-0.3, -0.25) is 0 Å². The van der Waals surface area contributed by atoms with Crippen LogP contribution in [-0.4, -0.2) is 10.1 Å². The molecular weight excluding hydrogens is 202 g/mol. The quantitative estimate of drug-likeness (QED) is 0.855. The maximum absolute atomic E-state index is 5.84. The third-order valence-electron chi connectivity index (χ3n) is 3.21. The molecule has 0 saturated heterocycles. The predicted molar refractivity (Wildman–Crippen MR) is 63.8 cm³/mol. The summed E-state index contributed by atoms with van der Waals surface area (Å²) >= 11 is 0. The van der Waals surface area contributed by atoms with Crippen molar-refractivity contribution in [2.45, 2.75) is 53.5 Å². The Labute approximate surface area is 97.6 Å². The lowest BCUT2D eigenvalue weighted by Gasteiger charge is -2.25. The largest absolute Gasteiger partial charge is 0.339 e. The monoisotopic (exact) mass is 225 g/mol. The van der Waals surface area contributed by atoms with Crippen molar-refractivity contribution in [3.05, 3.63) is 11.7 Å². The van der Waals surface area contributed by atoms with Crippen molar-refractivity contribution in [3.8, 4) is 0 Å². The van der Waals surface area contributed by atoms with Crippen LogP contribution in [0, 0.1) is 11.3 Å². The van der Waals surface area contributed by atoms with E-state index in [9.17, 15) is 0 Å². The Kier molecular flexibility index (Phi) is 4.08. The molecule has 0 amide bonds.